The van der Waals surface area contributed by atoms with Gasteiger partial charge < -0.3 is 9.29 Å². The van der Waals surface area contributed by atoms with E-state index in [-0.39, 0.29) is 29.6 Å². The van der Waals surface area contributed by atoms with Gasteiger partial charge in [-0.2, -0.15) is 0 Å². The second-order valence-corrected chi connectivity index (χ2v) is 3.50. The zero-order valence-electron chi connectivity index (χ0n) is 8.75. The zero-order chi connectivity index (χ0) is 12.5. The van der Waals surface area contributed by atoms with Crippen molar-refractivity contribution < 1.29 is 61.0 Å². The number of halogens is 3. The first-order valence-electron chi connectivity index (χ1n) is 3.75. The smallest absolute Gasteiger partial charge is 0.768 e. The van der Waals surface area contributed by atoms with Crippen molar-refractivity contribution in [2.24, 2.45) is 0 Å². The number of esters is 1. The fourth-order valence-electron chi connectivity index (χ4n) is 0.960. The van der Waals surface area contributed by atoms with Crippen LogP contribution in [0.3, 0.4) is 0 Å². The molecule has 0 radical (unpaired) electrons. The number of rotatable bonds is 2. The van der Waals surface area contributed by atoms with E-state index in [2.05, 4.69) is 4.74 Å². The first kappa shape index (κ1) is 16.6. The fraction of sp³-hybridized carbons (Fsp3) is 0.125. The van der Waals surface area contributed by atoms with Crippen LogP contribution < -0.4 is 29.6 Å². The standard InChI is InChI=1S/C8H5F3O4S.Na/c1-15-8(12)3-2-4(16(13)14)6(10)7(11)5(3)9;/h2H,1H3,(H,13,14);/q;+1/p-1. The molecule has 9 heteroatoms. The third kappa shape index (κ3) is 3.29. The predicted octanol–water partition coefficient (Wildman–Crippen LogP) is -1.87. The van der Waals surface area contributed by atoms with E-state index in [0.29, 0.717) is 6.07 Å². The van der Waals surface area contributed by atoms with Crippen LogP contribution in [0.5, 0.6) is 0 Å². The minimum atomic E-state index is -3.13. The maximum Gasteiger partial charge on any atom is 1.00 e. The molecule has 0 saturated carbocycles. The Kier molecular flexibility index (Phi) is 6.35. The van der Waals surface area contributed by atoms with E-state index in [1.807, 2.05) is 0 Å². The molecule has 1 aromatic carbocycles. The van der Waals surface area contributed by atoms with Crippen LogP contribution in [0.2, 0.25) is 0 Å². The van der Waals surface area contributed by atoms with Gasteiger partial charge in [-0.3, -0.25) is 4.21 Å². The van der Waals surface area contributed by atoms with Crippen molar-refractivity contribution in [2.75, 3.05) is 7.11 Å². The second kappa shape index (κ2) is 6.50. The number of hydrogen-bond acceptors (Lipinski definition) is 4. The van der Waals surface area contributed by atoms with E-state index >= 15 is 0 Å². The van der Waals surface area contributed by atoms with E-state index in [1.165, 1.54) is 0 Å². The Morgan fingerprint density at radius 2 is 1.82 bits per heavy atom. The average molecular weight is 276 g/mol. The van der Waals surface area contributed by atoms with Crippen molar-refractivity contribution in [3.63, 3.8) is 0 Å². The molecule has 0 aliphatic carbocycles. The molecule has 4 nitrogen and oxygen atoms in total. The molecule has 0 aliphatic rings. The van der Waals surface area contributed by atoms with Crippen molar-refractivity contribution in [2.45, 2.75) is 4.90 Å². The Hall–Kier alpha value is -0.410. The zero-order valence-corrected chi connectivity index (χ0v) is 11.6. The first-order chi connectivity index (χ1) is 7.40. The number of methoxy groups -OCH3 is 1. The topological polar surface area (TPSA) is 66.4 Å². The van der Waals surface area contributed by atoms with Crippen LogP contribution in [0.15, 0.2) is 11.0 Å². The minimum absolute atomic E-state index is 0. The molecule has 0 N–H and O–H groups in total. The summed E-state index contributed by atoms with van der Waals surface area (Å²) in [6, 6.07) is 0.364. The second-order valence-electron chi connectivity index (χ2n) is 2.59. The molecule has 88 valence electrons. The summed E-state index contributed by atoms with van der Waals surface area (Å²) in [5, 5.41) is 0. The van der Waals surface area contributed by atoms with Crippen LogP contribution in [0, 0.1) is 17.5 Å². The molecule has 1 rings (SSSR count). The van der Waals surface area contributed by atoms with Crippen molar-refractivity contribution in [3.8, 4) is 0 Å². The third-order valence-electron chi connectivity index (χ3n) is 1.70. The van der Waals surface area contributed by atoms with Crippen molar-refractivity contribution >= 4 is 17.0 Å². The van der Waals surface area contributed by atoms with Crippen molar-refractivity contribution in [3.05, 3.63) is 29.1 Å². The minimum Gasteiger partial charge on any atom is -0.768 e. The van der Waals surface area contributed by atoms with Gasteiger partial charge in [0.2, 0.25) is 0 Å². The van der Waals surface area contributed by atoms with E-state index in [1.54, 1.807) is 0 Å². The molecule has 17 heavy (non-hydrogen) atoms. The Labute approximate surface area is 119 Å². The number of carbonyl (C=O) groups is 1. The number of carbonyl (C=O) groups excluding carboxylic acids is 1. The van der Waals surface area contributed by atoms with Gasteiger partial charge in [0, 0.05) is 0 Å². The number of benzene rings is 1. The molecule has 0 amide bonds. The monoisotopic (exact) mass is 276 g/mol. The molecule has 0 heterocycles. The molecular weight excluding hydrogens is 272 g/mol. The van der Waals surface area contributed by atoms with Crippen LogP contribution in [-0.2, 0) is 15.8 Å². The SMILES string of the molecule is COC(=O)c1cc(S(=O)[O-])c(F)c(F)c1F.[Na+]. The molecule has 1 unspecified atom stereocenters. The van der Waals surface area contributed by atoms with Gasteiger partial charge in [-0.05, 0) is 17.1 Å². The summed E-state index contributed by atoms with van der Waals surface area (Å²) in [5.74, 6) is -7.01. The summed E-state index contributed by atoms with van der Waals surface area (Å²) in [6.07, 6.45) is 0. The average Bonchev–Trinajstić information content (AvgIpc) is 2.25. The fourth-order valence-corrected chi connectivity index (χ4v) is 1.41. The van der Waals surface area contributed by atoms with Gasteiger partial charge >= 0.3 is 35.5 Å². The summed E-state index contributed by atoms with van der Waals surface area (Å²) < 4.78 is 63.8. The van der Waals surface area contributed by atoms with Gasteiger partial charge in [0.1, 0.15) is 0 Å². The quantitative estimate of drug-likeness (QED) is 0.275. The van der Waals surface area contributed by atoms with Crippen LogP contribution in [-0.4, -0.2) is 21.8 Å². The molecule has 0 bridgehead atoms. The van der Waals surface area contributed by atoms with Crippen LogP contribution in [0.4, 0.5) is 13.2 Å². The van der Waals surface area contributed by atoms with Crippen molar-refractivity contribution in [1.82, 2.24) is 0 Å². The molecule has 0 aliphatic heterocycles. The number of hydrogen-bond donors (Lipinski definition) is 0. The maximum absolute atomic E-state index is 13.0. The summed E-state index contributed by atoms with van der Waals surface area (Å²) in [6.45, 7) is 0. The molecule has 0 aromatic heterocycles. The van der Waals surface area contributed by atoms with E-state index in [9.17, 15) is 26.7 Å². The molecule has 0 spiro atoms. The summed E-state index contributed by atoms with van der Waals surface area (Å²) in [4.78, 5) is 9.78. The van der Waals surface area contributed by atoms with Crippen molar-refractivity contribution in [1.29, 1.82) is 0 Å². The summed E-state index contributed by atoms with van der Waals surface area (Å²) in [7, 11) is 0.886. The van der Waals surface area contributed by atoms with Gasteiger partial charge in [0.15, 0.2) is 17.5 Å². The Balaban J connectivity index is 0.00000256. The molecular formula is C8H4F3NaO4S. The Morgan fingerprint density at radius 1 is 1.29 bits per heavy atom. The Bertz CT molecular complexity index is 480. The van der Waals surface area contributed by atoms with Crippen LogP contribution >= 0.6 is 0 Å². The molecule has 1 aromatic rings. The number of ether oxygens (including phenoxy) is 1. The first-order valence-corrected chi connectivity index (χ1v) is 4.82. The van der Waals surface area contributed by atoms with Gasteiger partial charge in [0.25, 0.3) is 0 Å². The van der Waals surface area contributed by atoms with Gasteiger partial charge in [-0.25, -0.2) is 18.0 Å². The molecule has 0 fully saturated rings. The summed E-state index contributed by atoms with van der Waals surface area (Å²) in [5.41, 5.74) is -0.986. The maximum atomic E-state index is 13.0. The normalized spacial score (nSPS) is 11.6. The van der Waals surface area contributed by atoms with E-state index in [4.69, 9.17) is 0 Å². The Morgan fingerprint density at radius 3 is 2.24 bits per heavy atom. The van der Waals surface area contributed by atoms with E-state index < -0.39 is 45.0 Å². The van der Waals surface area contributed by atoms with E-state index in [0.717, 1.165) is 7.11 Å². The predicted molar refractivity (Wildman–Crippen MR) is 44.8 cm³/mol. The third-order valence-corrected chi connectivity index (χ3v) is 2.35. The molecule has 1 atom stereocenters. The largest absolute Gasteiger partial charge is 1.00 e. The van der Waals surface area contributed by atoms with Gasteiger partial charge in [0.05, 0.1) is 17.6 Å². The molecule has 0 saturated heterocycles. The van der Waals surface area contributed by atoms with Gasteiger partial charge in [-0.1, -0.05) is 0 Å². The summed E-state index contributed by atoms with van der Waals surface area (Å²) >= 11 is -3.13. The van der Waals surface area contributed by atoms with Crippen LogP contribution in [0.25, 0.3) is 0 Å². The van der Waals surface area contributed by atoms with Gasteiger partial charge in [-0.15, -0.1) is 0 Å². The van der Waals surface area contributed by atoms with Crippen LogP contribution in [0.1, 0.15) is 10.4 Å².